The molecule has 0 spiro atoms. The van der Waals surface area contributed by atoms with Crippen molar-refractivity contribution in [2.24, 2.45) is 4.99 Å². The third-order valence-electron chi connectivity index (χ3n) is 5.29. The van der Waals surface area contributed by atoms with Gasteiger partial charge in [0.2, 0.25) is 0 Å². The Balaban J connectivity index is 1.80. The predicted molar refractivity (Wildman–Crippen MR) is 128 cm³/mol. The van der Waals surface area contributed by atoms with Crippen LogP contribution in [0.15, 0.2) is 33.8 Å². The second-order valence-electron chi connectivity index (χ2n) is 8.71. The van der Waals surface area contributed by atoms with Gasteiger partial charge in [0.05, 0.1) is 18.9 Å². The molecule has 0 bridgehead atoms. The van der Waals surface area contributed by atoms with E-state index in [0.29, 0.717) is 6.54 Å². The van der Waals surface area contributed by atoms with Crippen molar-refractivity contribution < 1.29 is 19.1 Å². The van der Waals surface area contributed by atoms with Crippen molar-refractivity contribution in [2.45, 2.75) is 57.8 Å². The number of hydrogen-bond donors (Lipinski definition) is 1. The zero-order chi connectivity index (χ0) is 23.3. The van der Waals surface area contributed by atoms with Crippen molar-refractivity contribution in [3.8, 4) is 0 Å². The average Bonchev–Trinajstić information content (AvgIpc) is 3.12. The number of nitrogens with zero attached hydrogens (tertiary/aromatic N) is 2. The third kappa shape index (κ3) is 5.46. The first-order valence-electron chi connectivity index (χ1n) is 11.2. The van der Waals surface area contributed by atoms with Gasteiger partial charge in [-0.15, -0.1) is 0 Å². The Hall–Kier alpha value is -2.48. The second-order valence-corrected chi connectivity index (χ2v) is 9.69. The number of thioether (sulfide) groups is 1. The van der Waals surface area contributed by atoms with Crippen LogP contribution < -0.4 is 10.2 Å². The Morgan fingerprint density at radius 2 is 1.88 bits per heavy atom. The number of ether oxygens (including phenoxy) is 2. The molecule has 7 nitrogen and oxygen atoms in total. The molecule has 3 rings (SSSR count). The fraction of sp³-hybridized carbons (Fsp3) is 0.542. The molecule has 174 valence electrons. The molecule has 2 heterocycles. The first kappa shape index (κ1) is 24.2. The topological polar surface area (TPSA) is 80.2 Å². The number of benzene rings is 1. The minimum absolute atomic E-state index is 0.0262. The van der Waals surface area contributed by atoms with E-state index in [1.807, 2.05) is 0 Å². The van der Waals surface area contributed by atoms with E-state index < -0.39 is 11.9 Å². The first-order chi connectivity index (χ1) is 15.3. The molecule has 0 saturated carbocycles. The summed E-state index contributed by atoms with van der Waals surface area (Å²) in [7, 11) is 0. The molecular weight excluding hydrogens is 426 g/mol. The number of fused-ring (bicyclic) bond motifs is 3. The maximum absolute atomic E-state index is 12.1. The third-order valence-corrected chi connectivity index (χ3v) is 6.50. The molecule has 32 heavy (non-hydrogen) atoms. The molecule has 0 aromatic heterocycles. The largest absolute Gasteiger partial charge is 0.462 e. The van der Waals surface area contributed by atoms with Gasteiger partial charge in [0, 0.05) is 30.7 Å². The molecule has 0 saturated heterocycles. The van der Waals surface area contributed by atoms with Crippen molar-refractivity contribution >= 4 is 34.6 Å². The highest BCUT2D eigenvalue weighted by molar-refractivity contribution is 8.14. The minimum atomic E-state index is -0.681. The fourth-order valence-corrected chi connectivity index (χ4v) is 4.80. The summed E-state index contributed by atoms with van der Waals surface area (Å²) < 4.78 is 9.97. The van der Waals surface area contributed by atoms with Crippen LogP contribution in [0.2, 0.25) is 0 Å². The van der Waals surface area contributed by atoms with Gasteiger partial charge in [0.1, 0.15) is 0 Å². The van der Waals surface area contributed by atoms with E-state index in [1.54, 1.807) is 25.6 Å². The molecule has 2 aliphatic heterocycles. The van der Waals surface area contributed by atoms with Crippen LogP contribution in [-0.4, -0.2) is 50.0 Å². The SMILES string of the molecule is CCOC(=O)C(=CNCCc1cc(C(C)(C)C)cc2c1SC1=NCCCN12)C(=O)OCC. The average molecular weight is 460 g/mol. The van der Waals surface area contributed by atoms with Gasteiger partial charge in [-0.05, 0) is 61.1 Å². The number of aliphatic imine (C=N–C) groups is 1. The van der Waals surface area contributed by atoms with Crippen molar-refractivity contribution in [2.75, 3.05) is 37.7 Å². The van der Waals surface area contributed by atoms with Crippen LogP contribution >= 0.6 is 11.8 Å². The summed E-state index contributed by atoms with van der Waals surface area (Å²) in [6, 6.07) is 4.57. The smallest absolute Gasteiger partial charge is 0.347 e. The number of nitrogens with one attached hydrogen (secondary N) is 1. The maximum atomic E-state index is 12.1. The van der Waals surface area contributed by atoms with Gasteiger partial charge in [-0.3, -0.25) is 4.99 Å². The highest BCUT2D eigenvalue weighted by Gasteiger charge is 2.32. The van der Waals surface area contributed by atoms with Gasteiger partial charge in [0.15, 0.2) is 10.7 Å². The van der Waals surface area contributed by atoms with Gasteiger partial charge in [0.25, 0.3) is 0 Å². The number of carbonyl (C=O) groups is 2. The summed E-state index contributed by atoms with van der Waals surface area (Å²) in [5.41, 5.74) is 3.67. The Morgan fingerprint density at radius 3 is 2.50 bits per heavy atom. The normalized spacial score (nSPS) is 14.8. The zero-order valence-corrected chi connectivity index (χ0v) is 20.4. The van der Waals surface area contributed by atoms with Crippen LogP contribution in [-0.2, 0) is 30.9 Å². The van der Waals surface area contributed by atoms with Gasteiger partial charge < -0.3 is 19.7 Å². The highest BCUT2D eigenvalue weighted by atomic mass is 32.2. The summed E-state index contributed by atoms with van der Waals surface area (Å²) in [6.45, 7) is 12.9. The quantitative estimate of drug-likeness (QED) is 0.208. The number of anilines is 1. The van der Waals surface area contributed by atoms with E-state index in [4.69, 9.17) is 14.5 Å². The van der Waals surface area contributed by atoms with Gasteiger partial charge in [-0.1, -0.05) is 26.8 Å². The number of rotatable bonds is 8. The Bertz CT molecular complexity index is 914. The molecule has 0 aliphatic carbocycles. The Labute approximate surface area is 194 Å². The van der Waals surface area contributed by atoms with Crippen LogP contribution in [0, 0.1) is 0 Å². The molecule has 1 aromatic carbocycles. The van der Waals surface area contributed by atoms with Crippen molar-refractivity contribution in [1.82, 2.24) is 5.32 Å². The Morgan fingerprint density at radius 1 is 1.19 bits per heavy atom. The monoisotopic (exact) mass is 459 g/mol. The van der Waals surface area contributed by atoms with Crippen LogP contribution in [0.25, 0.3) is 0 Å². The first-order valence-corrected chi connectivity index (χ1v) is 12.0. The minimum Gasteiger partial charge on any atom is -0.462 e. The lowest BCUT2D eigenvalue weighted by Gasteiger charge is -2.26. The molecule has 1 N–H and O–H groups in total. The Kier molecular flexibility index (Phi) is 7.87. The lowest BCUT2D eigenvalue weighted by molar-refractivity contribution is -0.146. The van der Waals surface area contributed by atoms with Crippen LogP contribution in [0.5, 0.6) is 0 Å². The molecule has 2 aliphatic rings. The van der Waals surface area contributed by atoms with Crippen molar-refractivity contribution in [3.05, 3.63) is 35.0 Å². The molecule has 8 heteroatoms. The molecule has 1 aromatic rings. The molecule has 0 atom stereocenters. The van der Waals surface area contributed by atoms with Crippen LogP contribution in [0.4, 0.5) is 5.69 Å². The van der Waals surface area contributed by atoms with Gasteiger partial charge in [-0.2, -0.15) is 0 Å². The van der Waals surface area contributed by atoms with E-state index in [-0.39, 0.29) is 24.2 Å². The number of esters is 2. The molecule has 0 radical (unpaired) electrons. The summed E-state index contributed by atoms with van der Waals surface area (Å²) in [5.74, 6) is -1.36. The van der Waals surface area contributed by atoms with E-state index >= 15 is 0 Å². The summed E-state index contributed by atoms with van der Waals surface area (Å²) in [4.78, 5) is 32.5. The molecule has 0 fully saturated rings. The lowest BCUT2D eigenvalue weighted by Crippen LogP contribution is -2.30. The summed E-state index contributed by atoms with van der Waals surface area (Å²) in [6.07, 6.45) is 3.22. The van der Waals surface area contributed by atoms with E-state index in [1.165, 1.54) is 27.9 Å². The lowest BCUT2D eigenvalue weighted by atomic mass is 9.85. The number of hydrogen-bond acceptors (Lipinski definition) is 8. The van der Waals surface area contributed by atoms with Crippen LogP contribution in [0.1, 0.15) is 52.2 Å². The maximum Gasteiger partial charge on any atom is 0.347 e. The summed E-state index contributed by atoms with van der Waals surface area (Å²) >= 11 is 1.74. The molecule has 0 unspecified atom stereocenters. The second kappa shape index (κ2) is 10.4. The predicted octanol–water partition coefficient (Wildman–Crippen LogP) is 3.80. The van der Waals surface area contributed by atoms with Crippen molar-refractivity contribution in [3.63, 3.8) is 0 Å². The van der Waals surface area contributed by atoms with E-state index in [2.05, 4.69) is 43.1 Å². The van der Waals surface area contributed by atoms with E-state index in [9.17, 15) is 9.59 Å². The molecule has 0 amide bonds. The standard InChI is InChI=1S/C24H33N3O4S/c1-6-30-21(28)18(22(29)31-7-2)15-25-11-9-16-13-17(24(3,4)5)14-19-20(16)32-23-26-10-8-12-27(19)23/h13-15,25H,6-12H2,1-5H3. The van der Waals surface area contributed by atoms with Crippen molar-refractivity contribution in [1.29, 1.82) is 0 Å². The fourth-order valence-electron chi connectivity index (χ4n) is 3.60. The van der Waals surface area contributed by atoms with E-state index in [0.717, 1.165) is 31.1 Å². The van der Waals surface area contributed by atoms with Crippen LogP contribution in [0.3, 0.4) is 0 Å². The van der Waals surface area contributed by atoms with Gasteiger partial charge in [-0.25, -0.2) is 9.59 Å². The number of amidine groups is 1. The zero-order valence-electron chi connectivity index (χ0n) is 19.6. The van der Waals surface area contributed by atoms with Gasteiger partial charge >= 0.3 is 11.9 Å². The summed E-state index contributed by atoms with van der Waals surface area (Å²) in [5, 5.41) is 4.19. The molecular formula is C24H33N3O4S. The number of carbonyl (C=O) groups excluding carboxylic acids is 2. The highest BCUT2D eigenvalue weighted by Crippen LogP contribution is 2.46.